The third-order valence-corrected chi connectivity index (χ3v) is 0.681. The van der Waals surface area contributed by atoms with Gasteiger partial charge in [-0.15, -0.1) is 10.1 Å². The molecule has 0 saturated carbocycles. The van der Waals surface area contributed by atoms with Crippen molar-refractivity contribution < 1.29 is 10.3 Å². The molecule has 0 aromatic carbocycles. The first-order valence-electron chi connectivity index (χ1n) is 2.68. The molecule has 14 heavy (non-hydrogen) atoms. The van der Waals surface area contributed by atoms with Crippen LogP contribution in [0.15, 0.2) is 14.4 Å². The van der Waals surface area contributed by atoms with Crippen LogP contribution in [0.5, 0.6) is 0 Å². The van der Waals surface area contributed by atoms with E-state index in [1.54, 1.807) is 15.0 Å². The van der Waals surface area contributed by atoms with Crippen LogP contribution >= 0.6 is 0 Å². The number of rotatable bonds is 0. The van der Waals surface area contributed by atoms with Gasteiger partial charge in [-0.3, -0.25) is 15.0 Å². The molecule has 11 nitrogen and oxygen atoms in total. The predicted molar refractivity (Wildman–Crippen MR) is 42.1 cm³/mol. The van der Waals surface area contributed by atoms with Crippen LogP contribution in [0.1, 0.15) is 0 Å². The van der Waals surface area contributed by atoms with Crippen LogP contribution in [0.4, 0.5) is 0 Å². The molecule has 1 heterocycles. The molecule has 0 unspecified atom stereocenters. The Morgan fingerprint density at radius 2 is 1.14 bits per heavy atom. The van der Waals surface area contributed by atoms with Crippen molar-refractivity contribution in [3.63, 3.8) is 0 Å². The minimum Gasteiger partial charge on any atom is -0.344 e. The molecule has 0 aliphatic carbocycles. The highest BCUT2D eigenvalue weighted by molar-refractivity contribution is 4.60. The molecule has 0 amide bonds. The van der Waals surface area contributed by atoms with Crippen LogP contribution in [0.25, 0.3) is 0 Å². The molecule has 1 rings (SSSR count). The smallest absolute Gasteiger partial charge is 0.330 e. The maximum absolute atomic E-state index is 10.2. The van der Waals surface area contributed by atoms with E-state index in [9.17, 15) is 14.4 Å². The Kier molecular flexibility index (Phi) is 6.18. The SMILES string of the molecule is N.O=[N+]([O-])O.O=c1[nH]c(=O)[nH]c(=O)[nH]1. The average molecular weight is 209 g/mol. The van der Waals surface area contributed by atoms with Crippen LogP contribution in [0.2, 0.25) is 0 Å². The average Bonchev–Trinajstić information content (AvgIpc) is 1.80. The Bertz CT molecular complexity index is 357. The van der Waals surface area contributed by atoms with Gasteiger partial charge in [-0.1, -0.05) is 0 Å². The first-order valence-corrected chi connectivity index (χ1v) is 2.68. The summed E-state index contributed by atoms with van der Waals surface area (Å²) in [6, 6.07) is 0. The molecule has 0 bridgehead atoms. The van der Waals surface area contributed by atoms with Crippen LogP contribution in [0.3, 0.4) is 0 Å². The standard InChI is InChI=1S/C3H3N3O3.HNO3.H3N/c7-1-4-2(8)6-3(9)5-1;2-1(3)4;/h(H3,4,5,6,7,8,9);(H,2,3,4);1H3. The molecule has 0 atom stereocenters. The van der Waals surface area contributed by atoms with Crippen LogP contribution in [-0.4, -0.2) is 25.2 Å². The van der Waals surface area contributed by atoms with Gasteiger partial charge >= 0.3 is 17.1 Å². The third kappa shape index (κ3) is 7.67. The van der Waals surface area contributed by atoms with Crippen LogP contribution < -0.4 is 23.2 Å². The summed E-state index contributed by atoms with van der Waals surface area (Å²) in [5.74, 6) is 0. The van der Waals surface area contributed by atoms with Crippen molar-refractivity contribution in [3.8, 4) is 0 Å². The van der Waals surface area contributed by atoms with Gasteiger partial charge in [-0.2, -0.15) is 0 Å². The van der Waals surface area contributed by atoms with E-state index in [-0.39, 0.29) is 6.15 Å². The zero-order valence-electron chi connectivity index (χ0n) is 6.64. The number of H-pyrrole nitrogens is 3. The fraction of sp³-hybridized carbons (Fsp3) is 0. The lowest BCUT2D eigenvalue weighted by molar-refractivity contribution is -0.742. The summed E-state index contributed by atoms with van der Waals surface area (Å²) < 4.78 is 0. The summed E-state index contributed by atoms with van der Waals surface area (Å²) in [6.45, 7) is 0. The summed E-state index contributed by atoms with van der Waals surface area (Å²) in [7, 11) is 0. The summed E-state index contributed by atoms with van der Waals surface area (Å²) in [4.78, 5) is 44.3. The van der Waals surface area contributed by atoms with Crippen molar-refractivity contribution in [1.82, 2.24) is 21.1 Å². The molecule has 80 valence electrons. The first-order chi connectivity index (χ1) is 5.91. The molecular formula is C3H7N5O6. The second-order valence-electron chi connectivity index (χ2n) is 1.60. The van der Waals surface area contributed by atoms with Gasteiger partial charge in [-0.05, 0) is 0 Å². The highest BCUT2D eigenvalue weighted by Crippen LogP contribution is 1.38. The first kappa shape index (κ1) is 14.1. The number of hydrogen-bond acceptors (Lipinski definition) is 6. The van der Waals surface area contributed by atoms with Gasteiger partial charge in [0.2, 0.25) is 0 Å². The Labute approximate surface area is 74.1 Å². The molecule has 1 aromatic heterocycles. The van der Waals surface area contributed by atoms with Crippen molar-refractivity contribution in [2.75, 3.05) is 0 Å². The third-order valence-electron chi connectivity index (χ3n) is 0.681. The number of nitrogens with zero attached hydrogens (tertiary/aromatic N) is 1. The van der Waals surface area contributed by atoms with E-state index in [2.05, 4.69) is 0 Å². The van der Waals surface area contributed by atoms with Gasteiger partial charge in [-0.25, -0.2) is 14.4 Å². The lowest BCUT2D eigenvalue weighted by Gasteiger charge is -1.77. The summed E-state index contributed by atoms with van der Waals surface area (Å²) in [5, 5.41) is 13.6. The van der Waals surface area contributed by atoms with Crippen LogP contribution in [-0.2, 0) is 0 Å². The van der Waals surface area contributed by atoms with E-state index in [4.69, 9.17) is 15.3 Å². The summed E-state index contributed by atoms with van der Waals surface area (Å²) in [6.07, 6.45) is 0. The second-order valence-corrected chi connectivity index (χ2v) is 1.60. The fourth-order valence-electron chi connectivity index (χ4n) is 0.403. The molecule has 7 N–H and O–H groups in total. The van der Waals surface area contributed by atoms with Crippen molar-refractivity contribution in [2.45, 2.75) is 0 Å². The maximum Gasteiger partial charge on any atom is 0.330 e. The number of aromatic amines is 3. The Hall–Kier alpha value is -2.43. The molecule has 0 saturated heterocycles. The molecule has 0 spiro atoms. The van der Waals surface area contributed by atoms with Crippen molar-refractivity contribution >= 4 is 0 Å². The largest absolute Gasteiger partial charge is 0.344 e. The van der Waals surface area contributed by atoms with E-state index in [0.29, 0.717) is 0 Å². The Morgan fingerprint density at radius 3 is 1.29 bits per heavy atom. The normalized spacial score (nSPS) is 7.71. The maximum atomic E-state index is 10.2. The zero-order valence-corrected chi connectivity index (χ0v) is 6.64. The van der Waals surface area contributed by atoms with E-state index < -0.39 is 22.2 Å². The van der Waals surface area contributed by atoms with Crippen molar-refractivity contribution in [1.29, 1.82) is 0 Å². The molecule has 0 aliphatic rings. The Balaban J connectivity index is 0. The predicted octanol–water partition coefficient (Wildman–Crippen LogP) is -2.43. The molecule has 0 aliphatic heterocycles. The Morgan fingerprint density at radius 1 is 1.00 bits per heavy atom. The van der Waals surface area contributed by atoms with Gasteiger partial charge in [0, 0.05) is 0 Å². The number of hydrogen-bond donors (Lipinski definition) is 5. The molecule has 1 aromatic rings. The minimum absolute atomic E-state index is 0. The highest BCUT2D eigenvalue weighted by atomic mass is 16.9. The summed E-state index contributed by atoms with van der Waals surface area (Å²) in [5.41, 5.74) is -2.41. The molecular weight excluding hydrogens is 202 g/mol. The van der Waals surface area contributed by atoms with E-state index >= 15 is 0 Å². The van der Waals surface area contributed by atoms with E-state index in [1.165, 1.54) is 0 Å². The van der Waals surface area contributed by atoms with Gasteiger partial charge in [0.1, 0.15) is 0 Å². The lowest BCUT2D eigenvalue weighted by atomic mass is 11.0. The molecule has 0 fully saturated rings. The molecule has 11 heteroatoms. The quantitative estimate of drug-likeness (QED) is 0.231. The van der Waals surface area contributed by atoms with Crippen molar-refractivity contribution in [2.24, 2.45) is 0 Å². The number of aromatic nitrogens is 3. The highest BCUT2D eigenvalue weighted by Gasteiger charge is 1.85. The van der Waals surface area contributed by atoms with Crippen LogP contribution in [0, 0.1) is 10.1 Å². The van der Waals surface area contributed by atoms with Gasteiger partial charge in [0.05, 0.1) is 0 Å². The van der Waals surface area contributed by atoms with Crippen molar-refractivity contribution in [3.05, 3.63) is 41.6 Å². The van der Waals surface area contributed by atoms with E-state index in [1.807, 2.05) is 0 Å². The minimum atomic E-state index is -1.50. The fourth-order valence-corrected chi connectivity index (χ4v) is 0.403. The lowest BCUT2D eigenvalue weighted by Crippen LogP contribution is -2.34. The zero-order chi connectivity index (χ0) is 10.4. The monoisotopic (exact) mass is 209 g/mol. The van der Waals surface area contributed by atoms with Gasteiger partial charge in [0.25, 0.3) is 5.09 Å². The molecule has 0 radical (unpaired) electrons. The topological polar surface area (TPSA) is 197 Å². The van der Waals surface area contributed by atoms with Gasteiger partial charge < -0.3 is 11.4 Å². The second kappa shape index (κ2) is 6.13. The van der Waals surface area contributed by atoms with Gasteiger partial charge in [0.15, 0.2) is 0 Å². The summed E-state index contributed by atoms with van der Waals surface area (Å²) >= 11 is 0. The van der Waals surface area contributed by atoms with E-state index in [0.717, 1.165) is 0 Å². The number of nitrogens with one attached hydrogen (secondary N) is 3.